The first-order valence-electron chi connectivity index (χ1n) is 9.90. The van der Waals surface area contributed by atoms with Crippen LogP contribution in [0.2, 0.25) is 0 Å². The summed E-state index contributed by atoms with van der Waals surface area (Å²) in [5.74, 6) is -3.22. The van der Waals surface area contributed by atoms with Gasteiger partial charge in [0.2, 0.25) is 0 Å². The van der Waals surface area contributed by atoms with Crippen LogP contribution in [0, 0.1) is 0 Å². The Morgan fingerprint density at radius 3 is 1.45 bits per heavy atom. The molecule has 1 saturated heterocycles. The molecule has 0 radical (unpaired) electrons. The largest absolute Gasteiger partial charge is 0.459 e. The topological polar surface area (TPSA) is 124 Å². The first kappa shape index (κ1) is 27.8. The molecule has 0 bridgehead atoms. The third-order valence-corrected chi connectivity index (χ3v) is 4.33. The Balaban J connectivity index is 3.45. The second-order valence-electron chi connectivity index (χ2n) is 7.61. The minimum atomic E-state index is -1.41. The van der Waals surface area contributed by atoms with Gasteiger partial charge in [0, 0.05) is 29.4 Å². The normalized spacial score (nSPS) is 24.1. The van der Waals surface area contributed by atoms with Gasteiger partial charge in [-0.2, -0.15) is 0 Å². The summed E-state index contributed by atoms with van der Waals surface area (Å²) in [6.45, 7) is 19.3. The number of carbonyl (C=O) groups excluding carboxylic acids is 4. The lowest BCUT2D eigenvalue weighted by Gasteiger charge is -2.44. The number of hydrogen-bond donors (Lipinski definition) is 0. The van der Waals surface area contributed by atoms with Crippen molar-refractivity contribution < 1.29 is 47.6 Å². The number of carbonyl (C=O) groups is 4. The zero-order valence-electron chi connectivity index (χ0n) is 19.5. The van der Waals surface area contributed by atoms with Crippen molar-refractivity contribution >= 4 is 23.9 Å². The summed E-state index contributed by atoms with van der Waals surface area (Å²) < 4.78 is 32.6. The smallest absolute Gasteiger partial charge is 0.333 e. The van der Waals surface area contributed by atoms with Gasteiger partial charge in [-0.3, -0.25) is 0 Å². The maximum Gasteiger partial charge on any atom is 0.333 e. The van der Waals surface area contributed by atoms with Gasteiger partial charge in [0.25, 0.3) is 0 Å². The molecule has 0 aromatic carbocycles. The van der Waals surface area contributed by atoms with Gasteiger partial charge in [0.1, 0.15) is 12.7 Å². The summed E-state index contributed by atoms with van der Waals surface area (Å²) in [6.07, 6.45) is -6.58. The second-order valence-corrected chi connectivity index (χ2v) is 7.61. The Bertz CT molecular complexity index is 855. The molecule has 1 aliphatic rings. The molecule has 0 amide bonds. The molecule has 0 N–H and O–H groups in total. The Kier molecular flexibility index (Phi) is 10.2. The standard InChI is InChI=1S/C23H30O10/c1-11(2)19(24)29-10-15-16(31-20(25)12(3)4)17(32-21(26)13(5)6)18(23(28-9)30-15)33-22(27)14(7)8/h15-18,23H,1,3,5,7,10H2,2,4,6,8-9H3/t15?,16-,17?,18?,23+/m1/s1. The highest BCUT2D eigenvalue weighted by Gasteiger charge is 2.53. The van der Waals surface area contributed by atoms with E-state index in [-0.39, 0.29) is 22.3 Å². The van der Waals surface area contributed by atoms with E-state index in [1.807, 2.05) is 0 Å². The van der Waals surface area contributed by atoms with Crippen LogP contribution in [-0.4, -0.2) is 68.3 Å². The molecule has 33 heavy (non-hydrogen) atoms. The van der Waals surface area contributed by atoms with Crippen molar-refractivity contribution in [1.82, 2.24) is 0 Å². The van der Waals surface area contributed by atoms with E-state index in [0.29, 0.717) is 0 Å². The van der Waals surface area contributed by atoms with Crippen LogP contribution >= 0.6 is 0 Å². The van der Waals surface area contributed by atoms with Gasteiger partial charge < -0.3 is 28.4 Å². The highest BCUT2D eigenvalue weighted by molar-refractivity contribution is 5.89. The fourth-order valence-electron chi connectivity index (χ4n) is 2.56. The van der Waals surface area contributed by atoms with E-state index in [9.17, 15) is 19.2 Å². The van der Waals surface area contributed by atoms with E-state index in [0.717, 1.165) is 0 Å². The molecule has 1 fully saturated rings. The fourth-order valence-corrected chi connectivity index (χ4v) is 2.56. The van der Waals surface area contributed by atoms with Crippen molar-refractivity contribution in [2.24, 2.45) is 0 Å². The molecular weight excluding hydrogens is 436 g/mol. The third kappa shape index (κ3) is 7.69. The third-order valence-electron chi connectivity index (χ3n) is 4.33. The zero-order valence-corrected chi connectivity index (χ0v) is 19.5. The predicted octanol–water partition coefficient (Wildman–Crippen LogP) is 1.94. The number of ether oxygens (including phenoxy) is 6. The van der Waals surface area contributed by atoms with Gasteiger partial charge in [0.15, 0.2) is 24.6 Å². The molecule has 0 spiro atoms. The van der Waals surface area contributed by atoms with Gasteiger partial charge in [-0.1, -0.05) is 26.3 Å². The van der Waals surface area contributed by atoms with Crippen LogP contribution in [0.5, 0.6) is 0 Å². The first-order valence-corrected chi connectivity index (χ1v) is 9.90. The highest BCUT2D eigenvalue weighted by atomic mass is 16.7. The minimum absolute atomic E-state index is 0.0377. The number of rotatable bonds is 10. The molecule has 10 heteroatoms. The minimum Gasteiger partial charge on any atom is -0.459 e. The number of hydrogen-bond acceptors (Lipinski definition) is 10. The van der Waals surface area contributed by atoms with Crippen LogP contribution in [0.15, 0.2) is 48.6 Å². The van der Waals surface area contributed by atoms with E-state index in [4.69, 9.17) is 28.4 Å². The number of methoxy groups -OCH3 is 1. The Hall–Kier alpha value is -3.24. The van der Waals surface area contributed by atoms with Crippen molar-refractivity contribution in [3.8, 4) is 0 Å². The molecule has 0 aliphatic carbocycles. The second kappa shape index (κ2) is 12.1. The van der Waals surface area contributed by atoms with E-state index < -0.39 is 61.2 Å². The van der Waals surface area contributed by atoms with Crippen molar-refractivity contribution in [3.05, 3.63) is 48.6 Å². The molecule has 10 nitrogen and oxygen atoms in total. The molecule has 1 aliphatic heterocycles. The molecular formula is C23H30O10. The molecule has 1 heterocycles. The molecule has 182 valence electrons. The van der Waals surface area contributed by atoms with Crippen LogP contribution in [0.4, 0.5) is 0 Å². The van der Waals surface area contributed by atoms with Gasteiger partial charge in [-0.15, -0.1) is 0 Å². The lowest BCUT2D eigenvalue weighted by molar-refractivity contribution is -0.301. The Morgan fingerprint density at radius 2 is 1.06 bits per heavy atom. The summed E-state index contributed by atoms with van der Waals surface area (Å²) in [6, 6.07) is 0. The van der Waals surface area contributed by atoms with Crippen LogP contribution < -0.4 is 0 Å². The van der Waals surface area contributed by atoms with Crippen LogP contribution in [0.1, 0.15) is 27.7 Å². The molecule has 3 unspecified atom stereocenters. The average molecular weight is 466 g/mol. The predicted molar refractivity (Wildman–Crippen MR) is 116 cm³/mol. The summed E-state index contributed by atoms with van der Waals surface area (Å²) in [7, 11) is 1.26. The molecule has 0 aromatic rings. The van der Waals surface area contributed by atoms with E-state index >= 15 is 0 Å². The lowest BCUT2D eigenvalue weighted by atomic mass is 9.97. The first-order chi connectivity index (χ1) is 15.3. The SMILES string of the molecule is C=C(C)C(=O)OCC1O[C@H](OC)C(OC(=O)C(=C)C)C(OC(=O)C(=C)C)[C@@H]1OC(=O)C(=C)C. The average Bonchev–Trinajstić information content (AvgIpc) is 2.73. The monoisotopic (exact) mass is 466 g/mol. The van der Waals surface area contributed by atoms with Gasteiger partial charge in [-0.25, -0.2) is 19.2 Å². The van der Waals surface area contributed by atoms with Gasteiger partial charge in [-0.05, 0) is 27.7 Å². The summed E-state index contributed by atoms with van der Waals surface area (Å²) in [5, 5.41) is 0. The number of esters is 4. The fraction of sp³-hybridized carbons (Fsp3) is 0.478. The van der Waals surface area contributed by atoms with Crippen LogP contribution in [0.3, 0.4) is 0 Å². The lowest BCUT2D eigenvalue weighted by Crippen LogP contribution is -2.63. The van der Waals surface area contributed by atoms with Crippen LogP contribution in [-0.2, 0) is 47.6 Å². The Morgan fingerprint density at radius 1 is 0.667 bits per heavy atom. The molecule has 0 saturated carbocycles. The van der Waals surface area contributed by atoms with Crippen LogP contribution in [0.25, 0.3) is 0 Å². The molecule has 5 atom stereocenters. The maximum atomic E-state index is 12.4. The van der Waals surface area contributed by atoms with E-state index in [2.05, 4.69) is 26.3 Å². The zero-order chi connectivity index (χ0) is 25.5. The van der Waals surface area contributed by atoms with Gasteiger partial charge >= 0.3 is 23.9 Å². The summed E-state index contributed by atoms with van der Waals surface area (Å²) >= 11 is 0. The van der Waals surface area contributed by atoms with Crippen molar-refractivity contribution in [1.29, 1.82) is 0 Å². The molecule has 1 rings (SSSR count). The summed E-state index contributed by atoms with van der Waals surface area (Å²) in [4.78, 5) is 48.9. The van der Waals surface area contributed by atoms with Crippen molar-refractivity contribution in [2.45, 2.75) is 58.4 Å². The quantitative estimate of drug-likeness (QED) is 0.268. The highest BCUT2D eigenvalue weighted by Crippen LogP contribution is 2.30. The van der Waals surface area contributed by atoms with Gasteiger partial charge in [0.05, 0.1) is 0 Å². The van der Waals surface area contributed by atoms with Crippen molar-refractivity contribution in [2.75, 3.05) is 13.7 Å². The van der Waals surface area contributed by atoms with E-state index in [1.54, 1.807) is 0 Å². The van der Waals surface area contributed by atoms with E-state index in [1.165, 1.54) is 34.8 Å². The Labute approximate surface area is 192 Å². The summed E-state index contributed by atoms with van der Waals surface area (Å²) in [5.41, 5.74) is 0.267. The molecule has 0 aromatic heterocycles. The maximum absolute atomic E-state index is 12.4. The van der Waals surface area contributed by atoms with Crippen molar-refractivity contribution in [3.63, 3.8) is 0 Å².